The highest BCUT2D eigenvalue weighted by Gasteiger charge is 2.21. The molecule has 0 aromatic heterocycles. The highest BCUT2D eigenvalue weighted by Crippen LogP contribution is 2.18. The Morgan fingerprint density at radius 3 is 1.38 bits per heavy atom. The van der Waals surface area contributed by atoms with E-state index in [0.29, 0.717) is 13.2 Å². The second kappa shape index (κ2) is 4.94. The van der Waals surface area contributed by atoms with Crippen molar-refractivity contribution >= 4 is 0 Å². The Bertz CT molecular complexity index is 125. The van der Waals surface area contributed by atoms with Crippen LogP contribution in [0.4, 0.5) is 0 Å². The molecule has 0 rings (SSSR count). The van der Waals surface area contributed by atoms with Crippen LogP contribution in [0, 0.1) is 10.8 Å². The largest absolute Gasteiger partial charge is 0.396 e. The third-order valence-electron chi connectivity index (χ3n) is 1.84. The van der Waals surface area contributed by atoms with Gasteiger partial charge >= 0.3 is 0 Å². The minimum Gasteiger partial charge on any atom is -0.396 e. The van der Waals surface area contributed by atoms with E-state index in [1.54, 1.807) is 0 Å². The minimum absolute atomic E-state index is 0.118. The van der Waals surface area contributed by atoms with Gasteiger partial charge in [0.1, 0.15) is 0 Å². The molecule has 0 spiro atoms. The lowest BCUT2D eigenvalue weighted by molar-refractivity contribution is -0.0206. The standard InChI is InChI=1S/C10H22O3/c1-9(2,5-11)7-13-8-10(3,4)6-12/h11-12H,5-8H2,1-4H3. The maximum absolute atomic E-state index is 8.95. The smallest absolute Gasteiger partial charge is 0.0539 e. The van der Waals surface area contributed by atoms with Crippen molar-refractivity contribution in [1.82, 2.24) is 0 Å². The molecule has 0 aromatic rings. The molecule has 3 heteroatoms. The number of aliphatic hydroxyl groups is 2. The highest BCUT2D eigenvalue weighted by molar-refractivity contribution is 4.69. The van der Waals surface area contributed by atoms with Crippen molar-refractivity contribution in [2.75, 3.05) is 26.4 Å². The molecule has 0 saturated heterocycles. The highest BCUT2D eigenvalue weighted by atomic mass is 16.5. The van der Waals surface area contributed by atoms with Crippen molar-refractivity contribution in [2.24, 2.45) is 10.8 Å². The summed E-state index contributed by atoms with van der Waals surface area (Å²) in [5.41, 5.74) is -0.378. The lowest BCUT2D eigenvalue weighted by Crippen LogP contribution is -2.29. The molecule has 0 heterocycles. The van der Waals surface area contributed by atoms with Gasteiger partial charge < -0.3 is 14.9 Å². The summed E-state index contributed by atoms with van der Waals surface area (Å²) in [6.07, 6.45) is 0. The predicted octanol–water partition coefficient (Wildman–Crippen LogP) is 1.04. The van der Waals surface area contributed by atoms with Crippen LogP contribution in [0.5, 0.6) is 0 Å². The van der Waals surface area contributed by atoms with Crippen LogP contribution in [0.25, 0.3) is 0 Å². The summed E-state index contributed by atoms with van der Waals surface area (Å²) in [4.78, 5) is 0. The van der Waals surface area contributed by atoms with E-state index in [1.807, 2.05) is 27.7 Å². The van der Waals surface area contributed by atoms with E-state index in [9.17, 15) is 0 Å². The Kier molecular flexibility index (Phi) is 4.89. The molecule has 2 N–H and O–H groups in total. The van der Waals surface area contributed by atoms with Crippen LogP contribution in [-0.2, 0) is 4.74 Å². The topological polar surface area (TPSA) is 49.7 Å². The van der Waals surface area contributed by atoms with E-state index in [-0.39, 0.29) is 24.0 Å². The molecule has 13 heavy (non-hydrogen) atoms. The molecule has 0 aliphatic heterocycles. The van der Waals surface area contributed by atoms with E-state index in [0.717, 1.165) is 0 Å². The van der Waals surface area contributed by atoms with Gasteiger partial charge in [-0.2, -0.15) is 0 Å². The molecule has 0 aliphatic carbocycles. The zero-order valence-electron chi connectivity index (χ0n) is 9.13. The Labute approximate surface area is 80.7 Å². The van der Waals surface area contributed by atoms with Crippen LogP contribution in [0.2, 0.25) is 0 Å². The van der Waals surface area contributed by atoms with Crippen LogP contribution in [0.15, 0.2) is 0 Å². The Morgan fingerprint density at radius 1 is 0.846 bits per heavy atom. The molecule has 0 saturated carbocycles. The molecule has 0 aliphatic rings. The molecule has 0 atom stereocenters. The second-order valence-electron chi connectivity index (χ2n) is 5.14. The summed E-state index contributed by atoms with van der Waals surface area (Å²) in [5.74, 6) is 0. The van der Waals surface area contributed by atoms with Gasteiger partial charge in [-0.25, -0.2) is 0 Å². The third kappa shape index (κ3) is 6.02. The molecule has 80 valence electrons. The molecule has 0 aromatic carbocycles. The van der Waals surface area contributed by atoms with Gasteiger partial charge in [-0.05, 0) is 0 Å². The normalized spacial score (nSPS) is 13.4. The average Bonchev–Trinajstić information content (AvgIpc) is 2.04. The molecule has 0 radical (unpaired) electrons. The van der Waals surface area contributed by atoms with Crippen molar-refractivity contribution in [1.29, 1.82) is 0 Å². The Morgan fingerprint density at radius 2 is 1.15 bits per heavy atom. The first-order valence-corrected chi connectivity index (χ1v) is 4.62. The molecule has 0 fully saturated rings. The molecular weight excluding hydrogens is 168 g/mol. The summed E-state index contributed by atoms with van der Waals surface area (Å²) in [5, 5.41) is 17.9. The zero-order chi connectivity index (χ0) is 10.5. The van der Waals surface area contributed by atoms with Gasteiger partial charge in [-0.15, -0.1) is 0 Å². The number of hydrogen-bond acceptors (Lipinski definition) is 3. The van der Waals surface area contributed by atoms with E-state index < -0.39 is 0 Å². The van der Waals surface area contributed by atoms with Crippen molar-refractivity contribution in [2.45, 2.75) is 27.7 Å². The number of ether oxygens (including phenoxy) is 1. The zero-order valence-corrected chi connectivity index (χ0v) is 9.13. The van der Waals surface area contributed by atoms with Crippen LogP contribution in [-0.4, -0.2) is 36.6 Å². The fourth-order valence-corrected chi connectivity index (χ4v) is 0.695. The average molecular weight is 190 g/mol. The third-order valence-corrected chi connectivity index (χ3v) is 1.84. The second-order valence-corrected chi connectivity index (χ2v) is 5.14. The first-order chi connectivity index (χ1) is 5.83. The lowest BCUT2D eigenvalue weighted by Gasteiger charge is -2.26. The maximum atomic E-state index is 8.95. The number of rotatable bonds is 6. The predicted molar refractivity (Wildman–Crippen MR) is 52.6 cm³/mol. The van der Waals surface area contributed by atoms with Crippen LogP contribution in [0.3, 0.4) is 0 Å². The summed E-state index contributed by atoms with van der Waals surface area (Å²) >= 11 is 0. The first kappa shape index (κ1) is 12.9. The SMILES string of the molecule is CC(C)(CO)COCC(C)(C)CO. The van der Waals surface area contributed by atoms with E-state index in [2.05, 4.69) is 0 Å². The van der Waals surface area contributed by atoms with Gasteiger partial charge in [-0.1, -0.05) is 27.7 Å². The van der Waals surface area contributed by atoms with E-state index in [1.165, 1.54) is 0 Å². The van der Waals surface area contributed by atoms with E-state index in [4.69, 9.17) is 14.9 Å². The summed E-state index contributed by atoms with van der Waals surface area (Å²) < 4.78 is 5.42. The van der Waals surface area contributed by atoms with Crippen LogP contribution < -0.4 is 0 Å². The molecule has 0 unspecified atom stereocenters. The van der Waals surface area contributed by atoms with Crippen molar-refractivity contribution in [3.8, 4) is 0 Å². The fraction of sp³-hybridized carbons (Fsp3) is 1.00. The molecule has 0 amide bonds. The number of hydrogen-bond donors (Lipinski definition) is 2. The molecule has 0 bridgehead atoms. The van der Waals surface area contributed by atoms with Gasteiger partial charge in [0, 0.05) is 10.8 Å². The van der Waals surface area contributed by atoms with Gasteiger partial charge in [0.25, 0.3) is 0 Å². The van der Waals surface area contributed by atoms with Crippen molar-refractivity contribution in [3.05, 3.63) is 0 Å². The monoisotopic (exact) mass is 190 g/mol. The minimum atomic E-state index is -0.189. The van der Waals surface area contributed by atoms with Gasteiger partial charge in [0.2, 0.25) is 0 Å². The van der Waals surface area contributed by atoms with Gasteiger partial charge in [0.15, 0.2) is 0 Å². The van der Waals surface area contributed by atoms with Crippen LogP contribution >= 0.6 is 0 Å². The Hall–Kier alpha value is -0.120. The summed E-state index contributed by atoms with van der Waals surface area (Å²) in [7, 11) is 0. The van der Waals surface area contributed by atoms with Gasteiger partial charge in [0.05, 0.1) is 26.4 Å². The maximum Gasteiger partial charge on any atom is 0.0539 e. The molecular formula is C10H22O3. The van der Waals surface area contributed by atoms with Gasteiger partial charge in [-0.3, -0.25) is 0 Å². The van der Waals surface area contributed by atoms with E-state index >= 15 is 0 Å². The lowest BCUT2D eigenvalue weighted by atomic mass is 9.94. The summed E-state index contributed by atoms with van der Waals surface area (Å²) in [6.45, 7) is 9.05. The fourth-order valence-electron chi connectivity index (χ4n) is 0.695. The molecule has 3 nitrogen and oxygen atoms in total. The first-order valence-electron chi connectivity index (χ1n) is 4.62. The van der Waals surface area contributed by atoms with Crippen molar-refractivity contribution in [3.63, 3.8) is 0 Å². The summed E-state index contributed by atoms with van der Waals surface area (Å²) in [6, 6.07) is 0. The quantitative estimate of drug-likeness (QED) is 0.658. The Balaban J connectivity index is 3.68. The van der Waals surface area contributed by atoms with Crippen LogP contribution in [0.1, 0.15) is 27.7 Å². The van der Waals surface area contributed by atoms with Crippen molar-refractivity contribution < 1.29 is 14.9 Å². The number of aliphatic hydroxyl groups excluding tert-OH is 2.